The zero-order chi connectivity index (χ0) is 12.1. The predicted octanol–water partition coefficient (Wildman–Crippen LogP) is 2.42. The van der Waals surface area contributed by atoms with Crippen LogP contribution in [0.1, 0.15) is 33.6 Å². The lowest BCUT2D eigenvalue weighted by molar-refractivity contribution is -0.147. The Labute approximate surface area is 89.1 Å². The molecule has 0 radical (unpaired) electrons. The standard InChI is InChI=1S/C10H20F3NO/c1-4-6-14(8-10(11,12)13)7-5-9(2,3)15/h15H,4-8H2,1-3H3. The molecule has 0 spiro atoms. The molecule has 0 aromatic heterocycles. The van der Waals surface area contributed by atoms with Crippen molar-refractivity contribution < 1.29 is 18.3 Å². The van der Waals surface area contributed by atoms with E-state index in [1.807, 2.05) is 6.92 Å². The fraction of sp³-hybridized carbons (Fsp3) is 1.00. The Morgan fingerprint density at radius 1 is 1.13 bits per heavy atom. The zero-order valence-corrected chi connectivity index (χ0v) is 9.56. The number of rotatable bonds is 6. The molecule has 0 rings (SSSR count). The Morgan fingerprint density at radius 3 is 2.00 bits per heavy atom. The average molecular weight is 227 g/mol. The molecule has 0 aliphatic rings. The van der Waals surface area contributed by atoms with Crippen LogP contribution in [-0.2, 0) is 0 Å². The minimum Gasteiger partial charge on any atom is -0.390 e. The maximum Gasteiger partial charge on any atom is 0.401 e. The van der Waals surface area contributed by atoms with Crippen LogP contribution in [0.15, 0.2) is 0 Å². The molecule has 1 N–H and O–H groups in total. The molecule has 0 heterocycles. The van der Waals surface area contributed by atoms with Crippen molar-refractivity contribution in [3.8, 4) is 0 Å². The Morgan fingerprint density at radius 2 is 1.67 bits per heavy atom. The van der Waals surface area contributed by atoms with Gasteiger partial charge in [0.25, 0.3) is 0 Å². The molecule has 92 valence electrons. The third kappa shape index (κ3) is 10.0. The van der Waals surface area contributed by atoms with Crippen molar-refractivity contribution in [2.24, 2.45) is 0 Å². The summed E-state index contributed by atoms with van der Waals surface area (Å²) in [5, 5.41) is 9.43. The number of alkyl halides is 3. The van der Waals surface area contributed by atoms with E-state index < -0.39 is 18.3 Å². The topological polar surface area (TPSA) is 23.5 Å². The molecule has 0 fully saturated rings. The molecule has 0 amide bonds. The second kappa shape index (κ2) is 5.70. The van der Waals surface area contributed by atoms with Crippen LogP contribution in [0.2, 0.25) is 0 Å². The summed E-state index contributed by atoms with van der Waals surface area (Å²) in [7, 11) is 0. The van der Waals surface area contributed by atoms with Gasteiger partial charge in [0.1, 0.15) is 0 Å². The van der Waals surface area contributed by atoms with Gasteiger partial charge in [-0.15, -0.1) is 0 Å². The van der Waals surface area contributed by atoms with Crippen molar-refractivity contribution in [1.82, 2.24) is 4.90 Å². The van der Waals surface area contributed by atoms with Gasteiger partial charge >= 0.3 is 6.18 Å². The first-order valence-corrected chi connectivity index (χ1v) is 5.15. The first-order chi connectivity index (χ1) is 6.64. The summed E-state index contributed by atoms with van der Waals surface area (Å²) in [5.74, 6) is 0. The van der Waals surface area contributed by atoms with Crippen molar-refractivity contribution in [3.05, 3.63) is 0 Å². The Hall–Kier alpha value is -0.290. The van der Waals surface area contributed by atoms with Crippen LogP contribution < -0.4 is 0 Å². The van der Waals surface area contributed by atoms with E-state index >= 15 is 0 Å². The largest absolute Gasteiger partial charge is 0.401 e. The molecule has 5 heteroatoms. The fourth-order valence-electron chi connectivity index (χ4n) is 1.27. The molecule has 0 aliphatic carbocycles. The lowest BCUT2D eigenvalue weighted by Crippen LogP contribution is -2.38. The molecule has 0 bridgehead atoms. The minimum atomic E-state index is -4.16. The van der Waals surface area contributed by atoms with E-state index in [0.717, 1.165) is 0 Å². The molecule has 0 aliphatic heterocycles. The van der Waals surface area contributed by atoms with Gasteiger partial charge in [-0.2, -0.15) is 13.2 Å². The first-order valence-electron chi connectivity index (χ1n) is 5.15. The summed E-state index contributed by atoms with van der Waals surface area (Å²) < 4.78 is 36.4. The van der Waals surface area contributed by atoms with Crippen LogP contribution in [0.5, 0.6) is 0 Å². The van der Waals surface area contributed by atoms with Gasteiger partial charge in [-0.05, 0) is 33.2 Å². The first kappa shape index (κ1) is 14.7. The van der Waals surface area contributed by atoms with Gasteiger partial charge in [0.15, 0.2) is 0 Å². The van der Waals surface area contributed by atoms with Crippen LogP contribution in [0.4, 0.5) is 13.2 Å². The van der Waals surface area contributed by atoms with Gasteiger partial charge in [-0.25, -0.2) is 0 Å². The number of hydrogen-bond donors (Lipinski definition) is 1. The van der Waals surface area contributed by atoms with E-state index in [2.05, 4.69) is 0 Å². The van der Waals surface area contributed by atoms with Gasteiger partial charge in [0.2, 0.25) is 0 Å². The number of halogens is 3. The smallest absolute Gasteiger partial charge is 0.390 e. The summed E-state index contributed by atoms with van der Waals surface area (Å²) in [5.41, 5.74) is -0.905. The van der Waals surface area contributed by atoms with Crippen LogP contribution >= 0.6 is 0 Å². The highest BCUT2D eigenvalue weighted by molar-refractivity contribution is 4.70. The van der Waals surface area contributed by atoms with Crippen molar-refractivity contribution in [2.75, 3.05) is 19.6 Å². The van der Waals surface area contributed by atoms with Crippen LogP contribution in [0.3, 0.4) is 0 Å². The minimum absolute atomic E-state index is 0.275. The van der Waals surface area contributed by atoms with Crippen LogP contribution in [-0.4, -0.2) is 41.4 Å². The highest BCUT2D eigenvalue weighted by Crippen LogP contribution is 2.18. The molecule has 0 aromatic carbocycles. The molecule has 0 unspecified atom stereocenters. The molecular weight excluding hydrogens is 207 g/mol. The second-order valence-electron chi connectivity index (χ2n) is 4.45. The summed E-state index contributed by atoms with van der Waals surface area (Å²) in [6.45, 7) is 4.84. The van der Waals surface area contributed by atoms with Crippen molar-refractivity contribution in [2.45, 2.75) is 45.4 Å². The summed E-state index contributed by atoms with van der Waals surface area (Å²) in [6.07, 6.45) is -3.13. The molecule has 15 heavy (non-hydrogen) atoms. The maximum absolute atomic E-state index is 12.1. The maximum atomic E-state index is 12.1. The third-order valence-electron chi connectivity index (χ3n) is 1.98. The summed E-state index contributed by atoms with van der Waals surface area (Å²) in [4.78, 5) is 1.33. The number of aliphatic hydroxyl groups is 1. The van der Waals surface area contributed by atoms with E-state index in [-0.39, 0.29) is 6.54 Å². The lowest BCUT2D eigenvalue weighted by Gasteiger charge is -2.26. The normalized spacial score (nSPS) is 13.6. The highest BCUT2D eigenvalue weighted by atomic mass is 19.4. The SMILES string of the molecule is CCCN(CCC(C)(C)O)CC(F)(F)F. The molecule has 2 nitrogen and oxygen atoms in total. The molecular formula is C10H20F3NO. The summed E-state index contributed by atoms with van der Waals surface area (Å²) >= 11 is 0. The van der Waals surface area contributed by atoms with E-state index in [1.165, 1.54) is 4.90 Å². The Bertz CT molecular complexity index is 174. The fourth-order valence-corrected chi connectivity index (χ4v) is 1.27. The van der Waals surface area contributed by atoms with Crippen molar-refractivity contribution >= 4 is 0 Å². The molecule has 0 aromatic rings. The van der Waals surface area contributed by atoms with Gasteiger partial charge in [-0.1, -0.05) is 6.92 Å². The van der Waals surface area contributed by atoms with E-state index in [9.17, 15) is 18.3 Å². The quantitative estimate of drug-likeness (QED) is 0.753. The third-order valence-corrected chi connectivity index (χ3v) is 1.98. The predicted molar refractivity (Wildman–Crippen MR) is 53.7 cm³/mol. The summed E-state index contributed by atoms with van der Waals surface area (Å²) in [6, 6.07) is 0. The van der Waals surface area contributed by atoms with E-state index in [4.69, 9.17) is 0 Å². The zero-order valence-electron chi connectivity index (χ0n) is 9.56. The second-order valence-corrected chi connectivity index (χ2v) is 4.45. The Balaban J connectivity index is 4.05. The number of hydrogen-bond acceptors (Lipinski definition) is 2. The van der Waals surface area contributed by atoms with Crippen LogP contribution in [0.25, 0.3) is 0 Å². The molecule has 0 atom stereocenters. The van der Waals surface area contributed by atoms with Crippen LogP contribution in [0, 0.1) is 0 Å². The number of nitrogens with zero attached hydrogens (tertiary/aromatic N) is 1. The lowest BCUT2D eigenvalue weighted by atomic mass is 10.1. The molecule has 0 saturated carbocycles. The van der Waals surface area contributed by atoms with E-state index in [0.29, 0.717) is 19.4 Å². The molecule has 0 saturated heterocycles. The average Bonchev–Trinajstić information content (AvgIpc) is 1.96. The van der Waals surface area contributed by atoms with Gasteiger partial charge in [-0.3, -0.25) is 4.90 Å². The van der Waals surface area contributed by atoms with E-state index in [1.54, 1.807) is 13.8 Å². The monoisotopic (exact) mass is 227 g/mol. The van der Waals surface area contributed by atoms with Gasteiger partial charge < -0.3 is 5.11 Å². The van der Waals surface area contributed by atoms with Gasteiger partial charge in [0, 0.05) is 6.54 Å². The Kier molecular flexibility index (Phi) is 5.59. The highest BCUT2D eigenvalue weighted by Gasteiger charge is 2.30. The van der Waals surface area contributed by atoms with Crippen molar-refractivity contribution in [3.63, 3.8) is 0 Å². The van der Waals surface area contributed by atoms with Crippen molar-refractivity contribution in [1.29, 1.82) is 0 Å². The van der Waals surface area contributed by atoms with Gasteiger partial charge in [0.05, 0.1) is 12.1 Å².